The zero-order chi connectivity index (χ0) is 13.9. The summed E-state index contributed by atoms with van der Waals surface area (Å²) in [5.41, 5.74) is 0.520. The van der Waals surface area contributed by atoms with Crippen LogP contribution in [0.1, 0.15) is 50.8 Å². The number of likely N-dealkylation sites (N-methyl/N-ethyl adjacent to an activating group) is 1. The number of rotatable bonds is 6. The number of hydrogen-bond acceptors (Lipinski definition) is 2. The van der Waals surface area contributed by atoms with Gasteiger partial charge in [0.05, 0.1) is 0 Å². The second-order valence-electron chi connectivity index (χ2n) is 6.40. The van der Waals surface area contributed by atoms with Gasteiger partial charge in [0, 0.05) is 15.4 Å². The maximum Gasteiger partial charge on any atom is 0.0314 e. The van der Waals surface area contributed by atoms with E-state index in [-0.39, 0.29) is 0 Å². The molecule has 0 bridgehead atoms. The highest BCUT2D eigenvalue weighted by Crippen LogP contribution is 2.47. The lowest BCUT2D eigenvalue weighted by Gasteiger charge is -2.39. The maximum absolute atomic E-state index is 3.68. The van der Waals surface area contributed by atoms with Crippen LogP contribution in [0.15, 0.2) is 15.9 Å². The molecule has 1 aromatic heterocycles. The van der Waals surface area contributed by atoms with Crippen molar-refractivity contribution in [1.82, 2.24) is 5.32 Å². The minimum Gasteiger partial charge on any atom is -0.316 e. The SMILES string of the molecule is CNC(Cc1sccc1Br)C1(CC(C)C)CCCC1. The fourth-order valence-corrected chi connectivity index (χ4v) is 5.43. The molecular formula is C16H26BrNS. The molecule has 0 amide bonds. The molecule has 1 saturated carbocycles. The van der Waals surface area contributed by atoms with Crippen LogP contribution in [0.5, 0.6) is 0 Å². The van der Waals surface area contributed by atoms with Gasteiger partial charge in [-0.1, -0.05) is 26.7 Å². The Balaban J connectivity index is 2.15. The van der Waals surface area contributed by atoms with Gasteiger partial charge < -0.3 is 5.32 Å². The standard InChI is InChI=1S/C16H26BrNS/c1-12(2)11-16(7-4-5-8-16)15(18-3)10-14-13(17)6-9-19-14/h6,9,12,15,18H,4-5,7-8,10-11H2,1-3H3. The molecule has 1 unspecified atom stereocenters. The number of halogens is 1. The lowest BCUT2D eigenvalue weighted by molar-refractivity contribution is 0.160. The fraction of sp³-hybridized carbons (Fsp3) is 0.750. The van der Waals surface area contributed by atoms with Crippen molar-refractivity contribution in [3.8, 4) is 0 Å². The maximum atomic E-state index is 3.68. The van der Waals surface area contributed by atoms with Gasteiger partial charge in [-0.15, -0.1) is 11.3 Å². The molecule has 1 N–H and O–H groups in total. The van der Waals surface area contributed by atoms with Crippen LogP contribution in [0.3, 0.4) is 0 Å². The first-order valence-corrected chi connectivity index (χ1v) is 9.14. The predicted octanol–water partition coefficient (Wildman–Crippen LogP) is 5.25. The molecule has 0 spiro atoms. The van der Waals surface area contributed by atoms with Crippen molar-refractivity contribution in [2.45, 2.75) is 58.4 Å². The first kappa shape index (κ1) is 15.5. The third-order valence-corrected chi connectivity index (χ3v) is 6.53. The zero-order valence-corrected chi connectivity index (χ0v) is 14.7. The Morgan fingerprint density at radius 2 is 2.05 bits per heavy atom. The topological polar surface area (TPSA) is 12.0 Å². The average molecular weight is 344 g/mol. The molecule has 1 aliphatic carbocycles. The van der Waals surface area contributed by atoms with Crippen LogP contribution in [-0.4, -0.2) is 13.1 Å². The number of thiophene rings is 1. The van der Waals surface area contributed by atoms with Gasteiger partial charge >= 0.3 is 0 Å². The van der Waals surface area contributed by atoms with Crippen LogP contribution in [0.25, 0.3) is 0 Å². The molecule has 1 fully saturated rings. The summed E-state index contributed by atoms with van der Waals surface area (Å²) in [5.74, 6) is 0.792. The van der Waals surface area contributed by atoms with Crippen LogP contribution in [0, 0.1) is 11.3 Å². The van der Waals surface area contributed by atoms with E-state index in [1.165, 1.54) is 47.9 Å². The van der Waals surface area contributed by atoms with Gasteiger partial charge in [0.1, 0.15) is 0 Å². The summed E-state index contributed by atoms with van der Waals surface area (Å²) >= 11 is 5.57. The van der Waals surface area contributed by atoms with Crippen LogP contribution in [0.4, 0.5) is 0 Å². The van der Waals surface area contributed by atoms with E-state index >= 15 is 0 Å². The van der Waals surface area contributed by atoms with Crippen LogP contribution in [-0.2, 0) is 6.42 Å². The minimum atomic E-state index is 0.520. The highest BCUT2D eigenvalue weighted by Gasteiger charge is 2.41. The van der Waals surface area contributed by atoms with E-state index in [0.717, 1.165) is 5.92 Å². The van der Waals surface area contributed by atoms with Gasteiger partial charge in [-0.25, -0.2) is 0 Å². The summed E-state index contributed by atoms with van der Waals surface area (Å²) in [6, 6.07) is 2.79. The third-order valence-electron chi connectivity index (χ3n) is 4.58. The second kappa shape index (κ2) is 6.73. The van der Waals surface area contributed by atoms with Crippen molar-refractivity contribution in [3.05, 3.63) is 20.8 Å². The summed E-state index contributed by atoms with van der Waals surface area (Å²) in [6.45, 7) is 4.74. The van der Waals surface area contributed by atoms with Gasteiger partial charge in [0.2, 0.25) is 0 Å². The second-order valence-corrected chi connectivity index (χ2v) is 8.26. The summed E-state index contributed by atoms with van der Waals surface area (Å²) in [7, 11) is 2.15. The molecule has 19 heavy (non-hydrogen) atoms. The lowest BCUT2D eigenvalue weighted by Crippen LogP contribution is -2.44. The highest BCUT2D eigenvalue weighted by molar-refractivity contribution is 9.10. The molecule has 108 valence electrons. The quantitative estimate of drug-likeness (QED) is 0.743. The van der Waals surface area contributed by atoms with E-state index in [9.17, 15) is 0 Å². The summed E-state index contributed by atoms with van der Waals surface area (Å²) < 4.78 is 1.29. The van der Waals surface area contributed by atoms with E-state index in [4.69, 9.17) is 0 Å². The van der Waals surface area contributed by atoms with E-state index in [1.807, 2.05) is 11.3 Å². The summed E-state index contributed by atoms with van der Waals surface area (Å²) in [5, 5.41) is 5.83. The van der Waals surface area contributed by atoms with Gasteiger partial charge in [0.25, 0.3) is 0 Å². The van der Waals surface area contributed by atoms with Crippen molar-refractivity contribution >= 4 is 27.3 Å². The molecule has 1 aromatic rings. The third kappa shape index (κ3) is 3.62. The van der Waals surface area contributed by atoms with Crippen molar-refractivity contribution in [2.24, 2.45) is 11.3 Å². The zero-order valence-electron chi connectivity index (χ0n) is 12.3. The largest absolute Gasteiger partial charge is 0.316 e. The molecule has 0 aromatic carbocycles. The Labute approximate surface area is 130 Å². The first-order chi connectivity index (χ1) is 9.07. The monoisotopic (exact) mass is 343 g/mol. The molecule has 0 radical (unpaired) electrons. The molecule has 0 aliphatic heterocycles. The smallest absolute Gasteiger partial charge is 0.0314 e. The van der Waals surface area contributed by atoms with E-state index in [1.54, 1.807) is 0 Å². The van der Waals surface area contributed by atoms with Crippen LogP contribution < -0.4 is 5.32 Å². The Hall–Kier alpha value is 0.140. The summed E-state index contributed by atoms with van der Waals surface area (Å²) in [6.07, 6.45) is 8.16. The molecular weight excluding hydrogens is 318 g/mol. The number of hydrogen-bond donors (Lipinski definition) is 1. The molecule has 1 heterocycles. The van der Waals surface area contributed by atoms with Gasteiger partial charge in [-0.05, 0) is 71.4 Å². The molecule has 0 saturated heterocycles. The molecule has 1 aliphatic rings. The van der Waals surface area contributed by atoms with E-state index in [2.05, 4.69) is 53.6 Å². The Bertz CT molecular complexity index is 393. The van der Waals surface area contributed by atoms with Gasteiger partial charge in [0.15, 0.2) is 0 Å². The minimum absolute atomic E-state index is 0.520. The fourth-order valence-electron chi connectivity index (χ4n) is 3.87. The Morgan fingerprint density at radius 3 is 2.53 bits per heavy atom. The molecule has 1 nitrogen and oxygen atoms in total. The van der Waals surface area contributed by atoms with E-state index < -0.39 is 0 Å². The van der Waals surface area contributed by atoms with Crippen molar-refractivity contribution in [1.29, 1.82) is 0 Å². The Kier molecular flexibility index (Phi) is 5.50. The highest BCUT2D eigenvalue weighted by atomic mass is 79.9. The van der Waals surface area contributed by atoms with Crippen molar-refractivity contribution in [2.75, 3.05) is 7.05 Å². The van der Waals surface area contributed by atoms with E-state index in [0.29, 0.717) is 11.5 Å². The summed E-state index contributed by atoms with van der Waals surface area (Å²) in [4.78, 5) is 1.49. The van der Waals surface area contributed by atoms with Gasteiger partial charge in [-0.3, -0.25) is 0 Å². The molecule has 3 heteroatoms. The molecule has 1 atom stereocenters. The van der Waals surface area contributed by atoms with Crippen molar-refractivity contribution < 1.29 is 0 Å². The lowest BCUT2D eigenvalue weighted by atomic mass is 9.71. The van der Waals surface area contributed by atoms with Gasteiger partial charge in [-0.2, -0.15) is 0 Å². The first-order valence-electron chi connectivity index (χ1n) is 7.46. The average Bonchev–Trinajstić information content (AvgIpc) is 2.96. The number of nitrogens with one attached hydrogen (secondary N) is 1. The molecule has 2 rings (SSSR count). The van der Waals surface area contributed by atoms with Crippen molar-refractivity contribution in [3.63, 3.8) is 0 Å². The Morgan fingerprint density at radius 1 is 1.37 bits per heavy atom. The normalized spacial score (nSPS) is 20.1. The van der Waals surface area contributed by atoms with Crippen LogP contribution in [0.2, 0.25) is 0 Å². The predicted molar refractivity (Wildman–Crippen MR) is 88.9 cm³/mol. The van der Waals surface area contributed by atoms with Crippen LogP contribution >= 0.6 is 27.3 Å².